The van der Waals surface area contributed by atoms with E-state index >= 15 is 0 Å². The molecule has 1 unspecified atom stereocenters. The van der Waals surface area contributed by atoms with Gasteiger partial charge in [0.25, 0.3) is 0 Å². The number of benzene rings is 4. The molecule has 4 aromatic carbocycles. The van der Waals surface area contributed by atoms with Crippen molar-refractivity contribution in [1.82, 2.24) is 9.13 Å². The van der Waals surface area contributed by atoms with Crippen LogP contribution in [0.3, 0.4) is 0 Å². The second-order valence-electron chi connectivity index (χ2n) is 12.9. The molecule has 2 aromatic heterocycles. The first-order valence-electron chi connectivity index (χ1n) is 17.3. The molecule has 4 heteroatoms. The predicted molar refractivity (Wildman–Crippen MR) is 206 cm³/mol. The van der Waals surface area contributed by atoms with Crippen molar-refractivity contribution in [3.63, 3.8) is 0 Å². The molecule has 50 heavy (non-hydrogen) atoms. The van der Waals surface area contributed by atoms with Gasteiger partial charge in [0.05, 0.1) is 39.6 Å². The smallest absolute Gasteiger partial charge is 0.101 e. The molecular weight excluding hydrogens is 609 g/mol. The summed E-state index contributed by atoms with van der Waals surface area (Å²) in [6.45, 7) is 6.31. The first kappa shape index (κ1) is 30.9. The van der Waals surface area contributed by atoms with Gasteiger partial charge < -0.3 is 9.13 Å². The van der Waals surface area contributed by atoms with Crippen molar-refractivity contribution in [2.45, 2.75) is 38.5 Å². The molecule has 240 valence electrons. The van der Waals surface area contributed by atoms with Crippen molar-refractivity contribution in [3.8, 4) is 23.5 Å². The van der Waals surface area contributed by atoms with E-state index in [1.54, 1.807) is 0 Å². The molecule has 1 atom stereocenters. The Morgan fingerprint density at radius 3 is 2.34 bits per heavy atom. The molecule has 0 saturated carbocycles. The Balaban J connectivity index is 1.18. The molecule has 0 bridgehead atoms. The van der Waals surface area contributed by atoms with Crippen molar-refractivity contribution in [2.75, 3.05) is 0 Å². The Kier molecular flexibility index (Phi) is 8.00. The number of rotatable bonds is 7. The maximum absolute atomic E-state index is 10.4. The van der Waals surface area contributed by atoms with Crippen LogP contribution in [0.1, 0.15) is 70.5 Å². The molecule has 2 aliphatic rings. The van der Waals surface area contributed by atoms with Gasteiger partial charge in [-0.3, -0.25) is 0 Å². The van der Waals surface area contributed by atoms with E-state index < -0.39 is 0 Å². The standard InChI is InChI=1S/C46H36N4/c1-3-13-41-36(4-2)37-16-8-10-19-42(37)49(41)40-27-26-33(28-35(40)30-48)31-22-24-32(25-23-31)46-34(29-47)14-12-21-45(46)50-43-18-7-5-6-15-38(43)39-17-9-11-20-44(39)50/h4-12,14-17,19-24,26-28,32H,2-3,13,18,25H2,1H3. The molecule has 0 amide bonds. The Morgan fingerprint density at radius 1 is 0.820 bits per heavy atom. The number of hydrogen-bond acceptors (Lipinski definition) is 2. The summed E-state index contributed by atoms with van der Waals surface area (Å²) in [4.78, 5) is 0. The van der Waals surface area contributed by atoms with Gasteiger partial charge in [-0.25, -0.2) is 0 Å². The highest BCUT2D eigenvalue weighted by molar-refractivity contribution is 5.94. The normalized spacial score (nSPS) is 15.0. The van der Waals surface area contributed by atoms with Crippen molar-refractivity contribution in [3.05, 3.63) is 173 Å². The van der Waals surface area contributed by atoms with Crippen LogP contribution in [0.2, 0.25) is 0 Å². The third-order valence-electron chi connectivity index (χ3n) is 10.2. The van der Waals surface area contributed by atoms with Gasteiger partial charge in [0.1, 0.15) is 6.07 Å². The minimum atomic E-state index is 0.0214. The fourth-order valence-corrected chi connectivity index (χ4v) is 7.98. The third-order valence-corrected chi connectivity index (χ3v) is 10.2. The van der Waals surface area contributed by atoms with E-state index in [0.29, 0.717) is 11.1 Å². The minimum Gasteiger partial charge on any atom is -0.312 e. The highest BCUT2D eigenvalue weighted by Gasteiger charge is 2.25. The van der Waals surface area contributed by atoms with Gasteiger partial charge in [-0.1, -0.05) is 117 Å². The van der Waals surface area contributed by atoms with Gasteiger partial charge in [0.2, 0.25) is 0 Å². The van der Waals surface area contributed by atoms with Crippen LogP contribution in [0.4, 0.5) is 0 Å². The van der Waals surface area contributed by atoms with E-state index in [9.17, 15) is 10.5 Å². The number of para-hydroxylation sites is 2. The Morgan fingerprint density at radius 2 is 1.60 bits per heavy atom. The summed E-state index contributed by atoms with van der Waals surface area (Å²) in [7, 11) is 0. The van der Waals surface area contributed by atoms with Gasteiger partial charge in [0.15, 0.2) is 0 Å². The van der Waals surface area contributed by atoms with Crippen LogP contribution in [0.25, 0.3) is 50.9 Å². The largest absolute Gasteiger partial charge is 0.312 e. The third kappa shape index (κ3) is 4.97. The summed E-state index contributed by atoms with van der Waals surface area (Å²) in [5.41, 5.74) is 13.4. The molecule has 8 rings (SSSR count). The maximum atomic E-state index is 10.4. The van der Waals surface area contributed by atoms with Crippen LogP contribution in [0, 0.1) is 22.7 Å². The molecular formula is C46H36N4. The number of aromatic nitrogens is 2. The summed E-state index contributed by atoms with van der Waals surface area (Å²) in [5.74, 6) is 0.0214. The van der Waals surface area contributed by atoms with Gasteiger partial charge in [-0.2, -0.15) is 10.5 Å². The van der Waals surface area contributed by atoms with Gasteiger partial charge in [-0.05, 0) is 60.4 Å². The first-order chi connectivity index (χ1) is 24.7. The Hall–Kier alpha value is -6.36. The van der Waals surface area contributed by atoms with Crippen LogP contribution in [-0.2, 0) is 12.8 Å². The van der Waals surface area contributed by atoms with Crippen molar-refractivity contribution in [1.29, 1.82) is 10.5 Å². The van der Waals surface area contributed by atoms with Crippen molar-refractivity contribution in [2.24, 2.45) is 0 Å². The van der Waals surface area contributed by atoms with E-state index in [1.807, 2.05) is 24.3 Å². The lowest BCUT2D eigenvalue weighted by molar-refractivity contribution is 0.833. The molecule has 0 radical (unpaired) electrons. The highest BCUT2D eigenvalue weighted by atomic mass is 15.0. The SMILES string of the molecule is C=Cc1c(CCC)n(-c2ccc(C3=CCC(c4c(C#N)cccc4-n4c5c(c6ccccc64)C=CC=CC5)C=C3)cc2C#N)c2ccccc12. The second-order valence-corrected chi connectivity index (χ2v) is 12.9. The summed E-state index contributed by atoms with van der Waals surface area (Å²) < 4.78 is 4.61. The maximum Gasteiger partial charge on any atom is 0.101 e. The molecule has 0 spiro atoms. The summed E-state index contributed by atoms with van der Waals surface area (Å²) in [6.07, 6.45) is 20.6. The van der Waals surface area contributed by atoms with Gasteiger partial charge in [-0.15, -0.1) is 0 Å². The van der Waals surface area contributed by atoms with E-state index in [0.717, 1.165) is 75.7 Å². The Labute approximate surface area is 293 Å². The lowest BCUT2D eigenvalue weighted by Gasteiger charge is -2.23. The number of fused-ring (bicyclic) bond motifs is 4. The molecule has 0 fully saturated rings. The average molecular weight is 645 g/mol. The summed E-state index contributed by atoms with van der Waals surface area (Å²) in [5, 5.41) is 23.2. The molecule has 0 aliphatic heterocycles. The van der Waals surface area contributed by atoms with E-state index in [4.69, 9.17) is 0 Å². The van der Waals surface area contributed by atoms with Crippen LogP contribution in [-0.4, -0.2) is 9.13 Å². The van der Waals surface area contributed by atoms with Gasteiger partial charge in [0, 0.05) is 51.2 Å². The first-order valence-corrected chi connectivity index (χ1v) is 17.3. The lowest BCUT2D eigenvalue weighted by atomic mass is 9.84. The monoisotopic (exact) mass is 644 g/mol. The molecule has 0 N–H and O–H groups in total. The molecule has 4 nitrogen and oxygen atoms in total. The van der Waals surface area contributed by atoms with Crippen LogP contribution in [0.5, 0.6) is 0 Å². The number of nitrogens with zero attached hydrogens (tertiary/aromatic N) is 4. The quantitative estimate of drug-likeness (QED) is 0.174. The fraction of sp³-hybridized carbons (Fsp3) is 0.130. The summed E-state index contributed by atoms with van der Waals surface area (Å²) in [6, 6.07) is 34.2. The van der Waals surface area contributed by atoms with Crippen LogP contribution >= 0.6 is 0 Å². The van der Waals surface area contributed by atoms with E-state index in [1.165, 1.54) is 22.3 Å². The van der Waals surface area contributed by atoms with E-state index in [-0.39, 0.29) is 5.92 Å². The topological polar surface area (TPSA) is 57.4 Å². The second kappa shape index (κ2) is 12.9. The summed E-state index contributed by atoms with van der Waals surface area (Å²) >= 11 is 0. The minimum absolute atomic E-state index is 0.0214. The van der Waals surface area contributed by atoms with Gasteiger partial charge >= 0.3 is 0 Å². The molecule has 0 saturated heterocycles. The van der Waals surface area contributed by atoms with Crippen molar-refractivity contribution < 1.29 is 0 Å². The average Bonchev–Trinajstić information content (AvgIpc) is 3.52. The fourth-order valence-electron chi connectivity index (χ4n) is 7.98. The molecule has 2 heterocycles. The zero-order chi connectivity index (χ0) is 34.2. The Bertz CT molecular complexity index is 2550. The van der Waals surface area contributed by atoms with Crippen LogP contribution < -0.4 is 0 Å². The van der Waals surface area contributed by atoms with Crippen LogP contribution in [0.15, 0.2) is 128 Å². The predicted octanol–water partition coefficient (Wildman–Crippen LogP) is 11.2. The zero-order valence-corrected chi connectivity index (χ0v) is 28.1. The number of allylic oxidation sites excluding steroid dienone is 7. The zero-order valence-electron chi connectivity index (χ0n) is 28.1. The van der Waals surface area contributed by atoms with Crippen molar-refractivity contribution >= 4 is 39.5 Å². The highest BCUT2D eigenvalue weighted by Crippen LogP contribution is 2.40. The molecule has 2 aliphatic carbocycles. The lowest BCUT2D eigenvalue weighted by Crippen LogP contribution is -2.10. The number of nitriles is 2. The van der Waals surface area contributed by atoms with E-state index in [2.05, 4.69) is 144 Å². The number of hydrogen-bond donors (Lipinski definition) is 0. The molecule has 6 aromatic rings.